The number of hydrogen-bond acceptors (Lipinski definition) is 0. The van der Waals surface area contributed by atoms with Crippen LogP contribution in [0.25, 0.3) is 64.9 Å². The predicted octanol–water partition coefficient (Wildman–Crippen LogP) is 19.9. The summed E-state index contributed by atoms with van der Waals surface area (Å²) in [7, 11) is -4.68. The van der Waals surface area contributed by atoms with Crippen LogP contribution < -0.4 is 0 Å². The standard InChI is InChI=1S/C68H63F6NSi2/c1-41(2)76(42(3)4,43(5)6)39-37-59-53-19-15-13-17-51(53)55(31-25-47-21-27-49(28-22-47)67(69,70)71)57-33-35-61-65(63(57)59)66-62(75-61)36-34-58-56(32-26-48-23-29-50(30-24-48)68(72,73)74)52-18-14-16-20-54(52)60(64(58)66)38-40-77(44(7)8,45(9)10)46(11)12/h13-24,27-30,33-36,41-46,75H,1-12H3. The summed E-state index contributed by atoms with van der Waals surface area (Å²) in [5, 5.41) is 8.98. The summed E-state index contributed by atoms with van der Waals surface area (Å²) in [4.78, 5) is 3.82. The number of H-pyrrole nitrogens is 1. The molecule has 0 aliphatic heterocycles. The first-order valence-corrected chi connectivity index (χ1v) is 31.1. The Morgan fingerprint density at radius 3 is 0.909 bits per heavy atom. The van der Waals surface area contributed by atoms with Gasteiger partial charge in [-0.25, -0.2) is 0 Å². The molecule has 0 bridgehead atoms. The molecule has 0 unspecified atom stereocenters. The summed E-state index contributed by atoms with van der Waals surface area (Å²) in [5.74, 6) is 21.3. The molecule has 9 aromatic rings. The molecule has 1 aromatic heterocycles. The summed E-state index contributed by atoms with van der Waals surface area (Å²) in [5.41, 5.74) is 14.7. The van der Waals surface area contributed by atoms with Crippen LogP contribution in [0.3, 0.4) is 0 Å². The zero-order valence-corrected chi connectivity index (χ0v) is 47.8. The number of aromatic amines is 1. The summed E-state index contributed by atoms with van der Waals surface area (Å²) < 4.78 is 82.3. The summed E-state index contributed by atoms with van der Waals surface area (Å²) >= 11 is 0. The van der Waals surface area contributed by atoms with Crippen molar-refractivity contribution in [2.24, 2.45) is 0 Å². The van der Waals surface area contributed by atoms with Crippen molar-refractivity contribution in [3.8, 4) is 46.6 Å². The Morgan fingerprint density at radius 2 is 0.623 bits per heavy atom. The molecule has 0 atom stereocenters. The van der Waals surface area contributed by atoms with E-state index in [1.807, 2.05) is 24.3 Å². The molecular formula is C68H63F6NSi2. The van der Waals surface area contributed by atoms with E-state index in [1.165, 1.54) is 24.3 Å². The molecular weight excluding hydrogens is 1000 g/mol. The van der Waals surface area contributed by atoms with Gasteiger partial charge in [-0.05, 0) is 126 Å². The normalized spacial score (nSPS) is 12.6. The molecule has 9 rings (SSSR count). The van der Waals surface area contributed by atoms with Gasteiger partial charge >= 0.3 is 12.4 Å². The molecule has 0 spiro atoms. The fraction of sp³-hybridized carbons (Fsp3) is 0.294. The number of benzene rings is 8. The number of nitrogens with one attached hydrogen (secondary N) is 1. The van der Waals surface area contributed by atoms with Gasteiger partial charge in [-0.1, -0.05) is 179 Å². The smallest absolute Gasteiger partial charge is 0.354 e. The third kappa shape index (κ3) is 9.62. The minimum atomic E-state index is -4.48. The Balaban J connectivity index is 1.52. The van der Waals surface area contributed by atoms with Crippen LogP contribution in [0, 0.1) is 46.6 Å². The van der Waals surface area contributed by atoms with Gasteiger partial charge in [-0.3, -0.25) is 0 Å². The molecule has 9 heteroatoms. The van der Waals surface area contributed by atoms with E-state index < -0.39 is 39.6 Å². The topological polar surface area (TPSA) is 15.8 Å². The van der Waals surface area contributed by atoms with E-state index in [0.29, 0.717) is 44.4 Å². The molecule has 8 aromatic carbocycles. The number of fused-ring (bicyclic) bond motifs is 9. The molecule has 0 saturated carbocycles. The lowest BCUT2D eigenvalue weighted by Gasteiger charge is -2.38. The minimum absolute atomic E-state index is 0.355. The van der Waals surface area contributed by atoms with Crippen molar-refractivity contribution in [1.29, 1.82) is 0 Å². The van der Waals surface area contributed by atoms with E-state index in [9.17, 15) is 26.3 Å². The number of rotatable bonds is 6. The van der Waals surface area contributed by atoms with E-state index >= 15 is 0 Å². The Bertz CT molecular complexity index is 3740. The second-order valence-corrected chi connectivity index (χ2v) is 33.6. The third-order valence-electron chi connectivity index (χ3n) is 16.5. The summed E-state index contributed by atoms with van der Waals surface area (Å²) in [6.07, 6.45) is -8.96. The Kier molecular flexibility index (Phi) is 14.7. The quantitative estimate of drug-likeness (QED) is 0.0739. The van der Waals surface area contributed by atoms with Crippen molar-refractivity contribution in [2.75, 3.05) is 0 Å². The maximum Gasteiger partial charge on any atom is 0.416 e. The first-order chi connectivity index (χ1) is 36.4. The van der Waals surface area contributed by atoms with Gasteiger partial charge in [0, 0.05) is 66.0 Å². The molecule has 77 heavy (non-hydrogen) atoms. The molecule has 390 valence electrons. The van der Waals surface area contributed by atoms with Gasteiger partial charge in [0.05, 0.1) is 11.1 Å². The van der Waals surface area contributed by atoms with Gasteiger partial charge in [0.25, 0.3) is 0 Å². The highest BCUT2D eigenvalue weighted by atomic mass is 28.3. The maximum atomic E-state index is 13.7. The number of alkyl halides is 6. The Morgan fingerprint density at radius 1 is 0.325 bits per heavy atom. The predicted molar refractivity (Wildman–Crippen MR) is 317 cm³/mol. The zero-order valence-electron chi connectivity index (χ0n) is 45.8. The monoisotopic (exact) mass is 1060 g/mol. The van der Waals surface area contributed by atoms with Gasteiger partial charge < -0.3 is 4.98 Å². The Labute approximate surface area is 451 Å². The molecule has 0 aliphatic rings. The highest BCUT2D eigenvalue weighted by Gasteiger charge is 2.43. The van der Waals surface area contributed by atoms with E-state index in [-0.39, 0.29) is 0 Å². The highest BCUT2D eigenvalue weighted by molar-refractivity contribution is 6.91. The molecule has 0 saturated heterocycles. The van der Waals surface area contributed by atoms with Crippen molar-refractivity contribution in [3.63, 3.8) is 0 Å². The SMILES string of the molecule is CC(C)[Si](C#Cc1c2ccccc2c(C#Cc2ccc(C(F)(F)F)cc2)c2ccc3[nH]c4ccc5c(C#Cc6ccc(C(F)(F)F)cc6)c6ccccc6c(C#C[Si](C(C)C)(C(C)C)C(C)C)c5c4c3c12)(C(C)C)C(C)C. The Hall–Kier alpha value is -7.15. The summed E-state index contributed by atoms with van der Waals surface area (Å²) in [6.45, 7) is 27.7. The van der Waals surface area contributed by atoms with Gasteiger partial charge in [0.2, 0.25) is 0 Å². The van der Waals surface area contributed by atoms with Crippen molar-refractivity contribution in [1.82, 2.24) is 4.98 Å². The average molecular weight is 1060 g/mol. The van der Waals surface area contributed by atoms with Crippen LogP contribution in [0.15, 0.2) is 121 Å². The van der Waals surface area contributed by atoms with Crippen LogP contribution in [-0.2, 0) is 12.4 Å². The minimum Gasteiger partial charge on any atom is -0.354 e. The molecule has 0 amide bonds. The average Bonchev–Trinajstić information content (AvgIpc) is 3.91. The molecule has 0 radical (unpaired) electrons. The largest absolute Gasteiger partial charge is 0.416 e. The van der Waals surface area contributed by atoms with E-state index in [0.717, 1.165) is 111 Å². The second kappa shape index (κ2) is 20.7. The van der Waals surface area contributed by atoms with Crippen LogP contribution in [0.2, 0.25) is 33.2 Å². The van der Waals surface area contributed by atoms with Crippen LogP contribution in [0.1, 0.15) is 128 Å². The first-order valence-electron chi connectivity index (χ1n) is 26.7. The fourth-order valence-corrected chi connectivity index (χ4v) is 23.3. The van der Waals surface area contributed by atoms with Crippen molar-refractivity contribution < 1.29 is 26.3 Å². The van der Waals surface area contributed by atoms with Crippen molar-refractivity contribution in [2.45, 2.75) is 129 Å². The maximum absolute atomic E-state index is 13.7. The van der Waals surface area contributed by atoms with Crippen LogP contribution in [0.5, 0.6) is 0 Å². The van der Waals surface area contributed by atoms with Gasteiger partial charge in [-0.2, -0.15) is 26.3 Å². The lowest BCUT2D eigenvalue weighted by atomic mass is 9.86. The molecule has 1 N–H and O–H groups in total. The van der Waals surface area contributed by atoms with Gasteiger partial charge in [-0.15, -0.1) is 11.1 Å². The van der Waals surface area contributed by atoms with Gasteiger partial charge in [0.1, 0.15) is 16.1 Å². The first kappa shape index (κ1) is 54.6. The third-order valence-corrected chi connectivity index (χ3v) is 29.1. The number of aromatic nitrogens is 1. The second-order valence-electron chi connectivity index (χ2n) is 22.5. The fourth-order valence-electron chi connectivity index (χ4n) is 12.9. The van der Waals surface area contributed by atoms with Crippen LogP contribution in [-0.4, -0.2) is 21.1 Å². The molecule has 0 fully saturated rings. The van der Waals surface area contributed by atoms with Crippen molar-refractivity contribution >= 4 is 81.0 Å². The van der Waals surface area contributed by atoms with Gasteiger partial charge in [0.15, 0.2) is 0 Å². The van der Waals surface area contributed by atoms with E-state index in [1.54, 1.807) is 0 Å². The summed E-state index contributed by atoms with van der Waals surface area (Å²) in [6, 6.07) is 34.6. The van der Waals surface area contributed by atoms with E-state index in [4.69, 9.17) is 0 Å². The number of halogens is 6. The molecule has 1 nitrogen and oxygen atoms in total. The molecule has 1 heterocycles. The molecule has 0 aliphatic carbocycles. The van der Waals surface area contributed by atoms with Crippen LogP contribution >= 0.6 is 0 Å². The zero-order chi connectivity index (χ0) is 55.5. The lowest BCUT2D eigenvalue weighted by molar-refractivity contribution is -0.138. The highest BCUT2D eigenvalue weighted by Crippen LogP contribution is 2.47. The van der Waals surface area contributed by atoms with E-state index in [2.05, 4.69) is 183 Å². The number of hydrogen-bond donors (Lipinski definition) is 1. The van der Waals surface area contributed by atoms with Crippen LogP contribution in [0.4, 0.5) is 26.3 Å². The van der Waals surface area contributed by atoms with Crippen molar-refractivity contribution in [3.05, 3.63) is 166 Å². The lowest BCUT2D eigenvalue weighted by Crippen LogP contribution is -2.43.